The zero-order valence-electron chi connectivity index (χ0n) is 12.6. The number of hydrogen-bond donors (Lipinski definition) is 0. The van der Waals surface area contributed by atoms with Gasteiger partial charge in [-0.2, -0.15) is 0 Å². The van der Waals surface area contributed by atoms with Crippen molar-refractivity contribution in [2.24, 2.45) is 0 Å². The van der Waals surface area contributed by atoms with E-state index in [0.717, 1.165) is 28.1 Å². The molecule has 22 heavy (non-hydrogen) atoms. The minimum atomic E-state index is 0.732. The van der Waals surface area contributed by atoms with Crippen molar-refractivity contribution in [1.82, 2.24) is 14.4 Å². The number of para-hydroxylation sites is 2. The van der Waals surface area contributed by atoms with Crippen LogP contribution < -0.4 is 4.90 Å². The largest absolute Gasteiger partial charge is 0.378 e. The molecule has 4 heteroatoms. The molecule has 0 radical (unpaired) electrons. The number of anilines is 1. The third-order valence-electron chi connectivity index (χ3n) is 3.86. The first-order chi connectivity index (χ1) is 10.7. The van der Waals surface area contributed by atoms with Crippen molar-refractivity contribution in [1.29, 1.82) is 0 Å². The Bertz CT molecular complexity index is 952. The maximum Gasteiger partial charge on any atom is 0.235 e. The fraction of sp³-hybridized carbons (Fsp3) is 0.111. The van der Waals surface area contributed by atoms with Crippen LogP contribution in [0.3, 0.4) is 0 Å². The van der Waals surface area contributed by atoms with E-state index in [4.69, 9.17) is 4.98 Å². The third kappa shape index (κ3) is 2.00. The number of nitrogens with zero attached hydrogens (tertiary/aromatic N) is 4. The summed E-state index contributed by atoms with van der Waals surface area (Å²) in [5.41, 5.74) is 5.26. The molecule has 0 N–H and O–H groups in total. The van der Waals surface area contributed by atoms with Gasteiger partial charge in [0.2, 0.25) is 5.78 Å². The van der Waals surface area contributed by atoms with Crippen molar-refractivity contribution in [2.45, 2.75) is 0 Å². The minimum Gasteiger partial charge on any atom is -0.378 e. The number of hydrogen-bond acceptors (Lipinski definition) is 3. The monoisotopic (exact) mass is 288 g/mol. The average molecular weight is 288 g/mol. The number of aromatic nitrogens is 3. The van der Waals surface area contributed by atoms with Crippen molar-refractivity contribution in [2.75, 3.05) is 19.0 Å². The van der Waals surface area contributed by atoms with E-state index in [2.05, 4.69) is 40.2 Å². The number of benzene rings is 2. The SMILES string of the molecule is CN(C)c1ccc(-c2ccn3c(n2)nc2ccccc23)cc1. The molecule has 0 amide bonds. The highest BCUT2D eigenvalue weighted by atomic mass is 15.1. The van der Waals surface area contributed by atoms with Crippen LogP contribution in [0, 0.1) is 0 Å². The summed E-state index contributed by atoms with van der Waals surface area (Å²) in [5, 5.41) is 0. The highest BCUT2D eigenvalue weighted by Crippen LogP contribution is 2.22. The van der Waals surface area contributed by atoms with E-state index in [1.54, 1.807) is 0 Å². The van der Waals surface area contributed by atoms with Gasteiger partial charge in [0.25, 0.3) is 0 Å². The molecule has 108 valence electrons. The number of imidazole rings is 1. The zero-order chi connectivity index (χ0) is 15.1. The van der Waals surface area contributed by atoms with E-state index in [-0.39, 0.29) is 0 Å². The van der Waals surface area contributed by atoms with E-state index in [1.165, 1.54) is 5.69 Å². The van der Waals surface area contributed by atoms with Crippen LogP contribution in [0.1, 0.15) is 0 Å². The Kier molecular flexibility index (Phi) is 2.82. The summed E-state index contributed by atoms with van der Waals surface area (Å²) in [7, 11) is 4.07. The molecule has 0 fully saturated rings. The molecule has 2 aromatic carbocycles. The second-order valence-electron chi connectivity index (χ2n) is 5.52. The van der Waals surface area contributed by atoms with Crippen molar-refractivity contribution in [3.8, 4) is 11.3 Å². The standard InChI is InChI=1S/C18H16N4/c1-21(2)14-9-7-13(8-10-14)15-11-12-22-17-6-4-3-5-16(17)20-18(22)19-15/h3-12H,1-2H3. The fourth-order valence-corrected chi connectivity index (χ4v) is 2.64. The van der Waals surface area contributed by atoms with Crippen molar-refractivity contribution < 1.29 is 0 Å². The third-order valence-corrected chi connectivity index (χ3v) is 3.86. The van der Waals surface area contributed by atoms with Gasteiger partial charge in [-0.05, 0) is 30.3 Å². The molecule has 0 saturated carbocycles. The van der Waals surface area contributed by atoms with Crippen LogP contribution in [-0.2, 0) is 0 Å². The summed E-state index contributed by atoms with van der Waals surface area (Å²) in [4.78, 5) is 11.4. The van der Waals surface area contributed by atoms with Crippen LogP contribution in [0.2, 0.25) is 0 Å². The Hall–Kier alpha value is -2.88. The summed E-state index contributed by atoms with van der Waals surface area (Å²) in [6.45, 7) is 0. The lowest BCUT2D eigenvalue weighted by Gasteiger charge is -2.12. The van der Waals surface area contributed by atoms with Gasteiger partial charge in [-0.3, -0.25) is 4.40 Å². The molecular weight excluding hydrogens is 272 g/mol. The Balaban J connectivity index is 1.83. The molecular formula is C18H16N4. The summed E-state index contributed by atoms with van der Waals surface area (Å²) in [6, 6.07) is 18.5. The van der Waals surface area contributed by atoms with Gasteiger partial charge < -0.3 is 4.90 Å². The van der Waals surface area contributed by atoms with Crippen LogP contribution in [0.15, 0.2) is 60.8 Å². The van der Waals surface area contributed by atoms with Gasteiger partial charge in [0, 0.05) is 31.5 Å². The van der Waals surface area contributed by atoms with Gasteiger partial charge >= 0.3 is 0 Å². The second kappa shape index (κ2) is 4.84. The van der Waals surface area contributed by atoms with Gasteiger partial charge in [-0.25, -0.2) is 9.97 Å². The lowest BCUT2D eigenvalue weighted by atomic mass is 10.1. The summed E-state index contributed by atoms with van der Waals surface area (Å²) in [5.74, 6) is 0.732. The second-order valence-corrected chi connectivity index (χ2v) is 5.52. The van der Waals surface area contributed by atoms with Crippen LogP contribution >= 0.6 is 0 Å². The molecule has 0 unspecified atom stereocenters. The van der Waals surface area contributed by atoms with Gasteiger partial charge in [0.05, 0.1) is 16.7 Å². The molecule has 0 aliphatic heterocycles. The molecule has 4 aromatic rings. The van der Waals surface area contributed by atoms with Crippen LogP contribution in [-0.4, -0.2) is 28.5 Å². The highest BCUT2D eigenvalue weighted by molar-refractivity contribution is 5.80. The quantitative estimate of drug-likeness (QED) is 0.565. The molecule has 0 aliphatic carbocycles. The van der Waals surface area contributed by atoms with E-state index in [9.17, 15) is 0 Å². The smallest absolute Gasteiger partial charge is 0.235 e. The Morgan fingerprint density at radius 2 is 1.64 bits per heavy atom. The maximum absolute atomic E-state index is 4.70. The predicted octanol–water partition coefficient (Wildman–Crippen LogP) is 3.62. The van der Waals surface area contributed by atoms with E-state index in [0.29, 0.717) is 0 Å². The molecule has 4 rings (SSSR count). The molecule has 2 heterocycles. The highest BCUT2D eigenvalue weighted by Gasteiger charge is 2.07. The zero-order valence-corrected chi connectivity index (χ0v) is 12.6. The molecule has 0 bridgehead atoms. The molecule has 0 saturated heterocycles. The van der Waals surface area contributed by atoms with Gasteiger partial charge in [0.15, 0.2) is 0 Å². The molecule has 0 spiro atoms. The van der Waals surface area contributed by atoms with Gasteiger partial charge in [0.1, 0.15) is 0 Å². The van der Waals surface area contributed by atoms with Crippen molar-refractivity contribution in [3.05, 3.63) is 60.8 Å². The van der Waals surface area contributed by atoms with Crippen LogP contribution in [0.25, 0.3) is 28.1 Å². The topological polar surface area (TPSA) is 33.4 Å². The Labute approximate surface area is 128 Å². The lowest BCUT2D eigenvalue weighted by molar-refractivity contribution is 1.13. The summed E-state index contributed by atoms with van der Waals surface area (Å²) >= 11 is 0. The van der Waals surface area contributed by atoms with E-state index in [1.807, 2.05) is 49.0 Å². The Morgan fingerprint density at radius 3 is 2.41 bits per heavy atom. The van der Waals surface area contributed by atoms with Crippen LogP contribution in [0.5, 0.6) is 0 Å². The molecule has 4 nitrogen and oxygen atoms in total. The number of fused-ring (bicyclic) bond motifs is 3. The maximum atomic E-state index is 4.70. The Morgan fingerprint density at radius 1 is 0.864 bits per heavy atom. The fourth-order valence-electron chi connectivity index (χ4n) is 2.64. The van der Waals surface area contributed by atoms with E-state index < -0.39 is 0 Å². The van der Waals surface area contributed by atoms with Crippen molar-refractivity contribution in [3.63, 3.8) is 0 Å². The summed E-state index contributed by atoms with van der Waals surface area (Å²) < 4.78 is 2.02. The van der Waals surface area contributed by atoms with Gasteiger partial charge in [-0.1, -0.05) is 24.3 Å². The average Bonchev–Trinajstić information content (AvgIpc) is 2.92. The molecule has 0 atom stereocenters. The van der Waals surface area contributed by atoms with Crippen LogP contribution in [0.4, 0.5) is 5.69 Å². The lowest BCUT2D eigenvalue weighted by Crippen LogP contribution is -2.07. The number of rotatable bonds is 2. The predicted molar refractivity (Wildman–Crippen MR) is 90.3 cm³/mol. The normalized spacial score (nSPS) is 11.2. The molecule has 2 aromatic heterocycles. The molecule has 0 aliphatic rings. The first-order valence-electron chi connectivity index (χ1n) is 7.24. The first kappa shape index (κ1) is 12.8. The van der Waals surface area contributed by atoms with Crippen molar-refractivity contribution >= 4 is 22.5 Å². The van der Waals surface area contributed by atoms with Gasteiger partial charge in [-0.15, -0.1) is 0 Å². The van der Waals surface area contributed by atoms with E-state index >= 15 is 0 Å². The minimum absolute atomic E-state index is 0.732. The summed E-state index contributed by atoms with van der Waals surface area (Å²) in [6.07, 6.45) is 2.03. The first-order valence-corrected chi connectivity index (χ1v) is 7.24.